The maximum atomic E-state index is 12.5. The lowest BCUT2D eigenvalue weighted by Crippen LogP contribution is -2.30. The highest BCUT2D eigenvalue weighted by Gasteiger charge is 2.21. The van der Waals surface area contributed by atoms with Gasteiger partial charge in [-0.3, -0.25) is 14.3 Å². The summed E-state index contributed by atoms with van der Waals surface area (Å²) in [7, 11) is 0. The molecule has 2 heterocycles. The van der Waals surface area contributed by atoms with Gasteiger partial charge in [0.1, 0.15) is 0 Å². The minimum atomic E-state index is -0.801. The van der Waals surface area contributed by atoms with Crippen LogP contribution in [0.5, 0.6) is 0 Å². The van der Waals surface area contributed by atoms with Crippen molar-refractivity contribution in [3.05, 3.63) is 51.9 Å². The molecule has 1 aromatic heterocycles. The highest BCUT2D eigenvalue weighted by molar-refractivity contribution is 5.91. The molecule has 2 N–H and O–H groups in total. The van der Waals surface area contributed by atoms with E-state index in [2.05, 4.69) is 5.10 Å². The molecule has 23 heavy (non-hydrogen) atoms. The molecule has 1 aromatic carbocycles. The summed E-state index contributed by atoms with van der Waals surface area (Å²) < 4.78 is 7.05. The number of primary amides is 1. The Labute approximate surface area is 133 Å². The van der Waals surface area contributed by atoms with E-state index in [1.165, 1.54) is 0 Å². The molecule has 0 aliphatic carbocycles. The number of nitrogens with two attached hydrogens (primary N) is 1. The molecule has 1 aliphatic rings. The molecule has 6 nitrogen and oxygen atoms in total. The van der Waals surface area contributed by atoms with Gasteiger partial charge < -0.3 is 10.5 Å². The van der Waals surface area contributed by atoms with Crippen molar-refractivity contribution in [3.8, 4) is 11.1 Å². The van der Waals surface area contributed by atoms with Gasteiger partial charge in [-0.25, -0.2) is 0 Å². The van der Waals surface area contributed by atoms with Gasteiger partial charge in [0.15, 0.2) is 5.69 Å². The number of carbonyl (C=O) groups is 1. The third-order valence-corrected chi connectivity index (χ3v) is 4.10. The van der Waals surface area contributed by atoms with Crippen LogP contribution in [0.2, 0.25) is 0 Å². The first-order valence-electron chi connectivity index (χ1n) is 7.64. The molecule has 0 saturated carbocycles. The second-order valence-electron chi connectivity index (χ2n) is 5.77. The van der Waals surface area contributed by atoms with E-state index in [0.717, 1.165) is 24.0 Å². The third kappa shape index (κ3) is 3.17. The highest BCUT2D eigenvalue weighted by atomic mass is 16.5. The number of aromatic nitrogens is 2. The Hall–Kier alpha value is -2.47. The monoisotopic (exact) mass is 313 g/mol. The molecule has 2 aromatic rings. The average Bonchev–Trinajstić information content (AvgIpc) is 2.56. The molecule has 0 atom stereocenters. The van der Waals surface area contributed by atoms with Gasteiger partial charge in [0, 0.05) is 25.0 Å². The first-order valence-corrected chi connectivity index (χ1v) is 7.64. The first-order chi connectivity index (χ1) is 11.1. The number of hydrogen-bond donors (Lipinski definition) is 1. The Kier molecular flexibility index (Phi) is 4.25. The Morgan fingerprint density at radius 3 is 2.52 bits per heavy atom. The first kappa shape index (κ1) is 15.4. The molecular formula is C17H19N3O3. The zero-order chi connectivity index (χ0) is 16.4. The van der Waals surface area contributed by atoms with E-state index in [0.29, 0.717) is 18.8 Å². The Balaban J connectivity index is 2.13. The molecule has 120 valence electrons. The van der Waals surface area contributed by atoms with Crippen molar-refractivity contribution in [2.75, 3.05) is 13.2 Å². The lowest BCUT2D eigenvalue weighted by Gasteiger charge is -2.24. The van der Waals surface area contributed by atoms with Crippen molar-refractivity contribution >= 4 is 5.91 Å². The number of carbonyl (C=O) groups excluding carboxylic acids is 1. The zero-order valence-corrected chi connectivity index (χ0v) is 13.0. The van der Waals surface area contributed by atoms with Crippen LogP contribution in [-0.4, -0.2) is 28.9 Å². The van der Waals surface area contributed by atoms with Gasteiger partial charge in [0.2, 0.25) is 5.43 Å². The van der Waals surface area contributed by atoms with Crippen LogP contribution >= 0.6 is 0 Å². The van der Waals surface area contributed by atoms with E-state index in [-0.39, 0.29) is 11.7 Å². The van der Waals surface area contributed by atoms with Gasteiger partial charge >= 0.3 is 0 Å². The maximum absolute atomic E-state index is 12.5. The normalized spacial score (nSPS) is 15.5. The number of amides is 1. The Morgan fingerprint density at radius 1 is 1.26 bits per heavy atom. The SMILES string of the molecule is Cc1ccc(-c2cn(C3CCOCC3)nc(C(N)=O)c2=O)cc1. The number of ether oxygens (including phenoxy) is 1. The summed E-state index contributed by atoms with van der Waals surface area (Å²) in [6, 6.07) is 7.69. The van der Waals surface area contributed by atoms with Crippen LogP contribution in [0.1, 0.15) is 34.9 Å². The summed E-state index contributed by atoms with van der Waals surface area (Å²) in [6.07, 6.45) is 3.30. The van der Waals surface area contributed by atoms with Crippen LogP contribution in [0, 0.1) is 6.92 Å². The van der Waals surface area contributed by atoms with Gasteiger partial charge in [-0.1, -0.05) is 29.8 Å². The van der Waals surface area contributed by atoms with Gasteiger partial charge in [0.05, 0.1) is 6.04 Å². The fourth-order valence-corrected chi connectivity index (χ4v) is 2.74. The van der Waals surface area contributed by atoms with Crippen molar-refractivity contribution < 1.29 is 9.53 Å². The van der Waals surface area contributed by atoms with Crippen LogP contribution in [0.15, 0.2) is 35.3 Å². The standard InChI is InChI=1S/C17H19N3O3/c1-11-2-4-12(5-3-11)14-10-20(13-6-8-23-9-7-13)19-15(16(14)21)17(18)22/h2-5,10,13H,6-9H2,1H3,(H2,18,22). The van der Waals surface area contributed by atoms with Crippen LogP contribution in [0.4, 0.5) is 0 Å². The lowest BCUT2D eigenvalue weighted by atomic mass is 10.0. The molecule has 1 fully saturated rings. The highest BCUT2D eigenvalue weighted by Crippen LogP contribution is 2.22. The van der Waals surface area contributed by atoms with E-state index in [9.17, 15) is 9.59 Å². The molecule has 0 radical (unpaired) electrons. The smallest absolute Gasteiger partial charge is 0.273 e. The summed E-state index contributed by atoms with van der Waals surface area (Å²) >= 11 is 0. The second kappa shape index (κ2) is 6.34. The van der Waals surface area contributed by atoms with E-state index < -0.39 is 11.3 Å². The molecule has 3 rings (SSSR count). The van der Waals surface area contributed by atoms with Crippen LogP contribution in [0.25, 0.3) is 11.1 Å². The number of nitrogens with zero attached hydrogens (tertiary/aromatic N) is 2. The van der Waals surface area contributed by atoms with E-state index >= 15 is 0 Å². The van der Waals surface area contributed by atoms with Crippen molar-refractivity contribution in [1.82, 2.24) is 9.78 Å². The topological polar surface area (TPSA) is 87.2 Å². The van der Waals surface area contributed by atoms with Gasteiger partial charge in [0.25, 0.3) is 5.91 Å². The number of benzene rings is 1. The molecule has 1 aliphatic heterocycles. The Morgan fingerprint density at radius 2 is 1.91 bits per heavy atom. The van der Waals surface area contributed by atoms with E-state index in [4.69, 9.17) is 10.5 Å². The van der Waals surface area contributed by atoms with Gasteiger partial charge in [-0.2, -0.15) is 5.10 Å². The van der Waals surface area contributed by atoms with Gasteiger partial charge in [-0.15, -0.1) is 0 Å². The van der Waals surface area contributed by atoms with Crippen LogP contribution < -0.4 is 11.2 Å². The summed E-state index contributed by atoms with van der Waals surface area (Å²) in [4.78, 5) is 24.1. The number of aryl methyl sites for hydroxylation is 1. The fraction of sp³-hybridized carbons (Fsp3) is 0.353. The lowest BCUT2D eigenvalue weighted by molar-refractivity contribution is 0.0655. The number of rotatable bonds is 3. The third-order valence-electron chi connectivity index (χ3n) is 4.10. The average molecular weight is 313 g/mol. The minimum Gasteiger partial charge on any atom is -0.381 e. The van der Waals surface area contributed by atoms with Crippen molar-refractivity contribution in [1.29, 1.82) is 0 Å². The summed E-state index contributed by atoms with van der Waals surface area (Å²) in [5.41, 5.74) is 7.01. The molecule has 6 heteroatoms. The van der Waals surface area contributed by atoms with E-state index in [1.807, 2.05) is 31.2 Å². The quantitative estimate of drug-likeness (QED) is 0.933. The van der Waals surface area contributed by atoms with Crippen molar-refractivity contribution in [2.24, 2.45) is 5.73 Å². The van der Waals surface area contributed by atoms with E-state index in [1.54, 1.807) is 10.9 Å². The Bertz CT molecular complexity index is 775. The molecule has 0 bridgehead atoms. The summed E-state index contributed by atoms with van der Waals surface area (Å²) in [5.74, 6) is -0.801. The van der Waals surface area contributed by atoms with Crippen LogP contribution in [0.3, 0.4) is 0 Å². The largest absolute Gasteiger partial charge is 0.381 e. The van der Waals surface area contributed by atoms with Crippen molar-refractivity contribution in [3.63, 3.8) is 0 Å². The predicted molar refractivity (Wildman–Crippen MR) is 86.3 cm³/mol. The summed E-state index contributed by atoms with van der Waals surface area (Å²) in [5, 5.41) is 4.17. The molecule has 0 spiro atoms. The maximum Gasteiger partial charge on any atom is 0.273 e. The van der Waals surface area contributed by atoms with Crippen molar-refractivity contribution in [2.45, 2.75) is 25.8 Å². The number of hydrogen-bond acceptors (Lipinski definition) is 4. The predicted octanol–water partition coefficient (Wildman–Crippen LogP) is 1.67. The molecular weight excluding hydrogens is 294 g/mol. The zero-order valence-electron chi connectivity index (χ0n) is 13.0. The molecule has 1 saturated heterocycles. The second-order valence-corrected chi connectivity index (χ2v) is 5.77. The molecule has 1 amide bonds. The minimum absolute atomic E-state index is 0.103. The van der Waals surface area contributed by atoms with Crippen LogP contribution in [-0.2, 0) is 4.74 Å². The summed E-state index contributed by atoms with van der Waals surface area (Å²) in [6.45, 7) is 3.26. The fourth-order valence-electron chi connectivity index (χ4n) is 2.74. The molecule has 0 unspecified atom stereocenters. The van der Waals surface area contributed by atoms with Gasteiger partial charge in [-0.05, 0) is 25.3 Å².